The molecule has 3 aliphatic rings. The molecular weight excluding hydrogens is 683 g/mol. The number of amidine groups is 3. The molecule has 3 rings (SSSR count). The first kappa shape index (κ1) is 51.2. The molecular formula is C42H81N6O4P. The van der Waals surface area contributed by atoms with E-state index in [0.717, 1.165) is 0 Å². The minimum absolute atomic E-state index is 1.17. The topological polar surface area (TPSA) is 173 Å². The normalized spacial score (nSPS) is 14.2. The largest absolute Gasteiger partial charge is 0.822 e. The van der Waals surface area contributed by atoms with Crippen molar-refractivity contribution in [2.75, 3.05) is 0 Å². The van der Waals surface area contributed by atoms with E-state index in [1.165, 1.54) is 210 Å². The first-order chi connectivity index (χ1) is 25.8. The number of unbranched alkanes of at least 4 members (excludes halogenated alkanes) is 24. The van der Waals surface area contributed by atoms with E-state index in [-0.39, 0.29) is 0 Å². The zero-order valence-electron chi connectivity index (χ0n) is 34.3. The van der Waals surface area contributed by atoms with Crippen LogP contribution in [0.1, 0.15) is 213 Å². The Kier molecular flexibility index (Phi) is 38.6. The number of rotatable bonds is 30. The Bertz CT molecular complexity index is 932. The van der Waals surface area contributed by atoms with Crippen LogP contribution in [0.4, 0.5) is 0 Å². The summed E-state index contributed by atoms with van der Waals surface area (Å²) in [5.74, 6) is 3.80. The summed E-state index contributed by atoms with van der Waals surface area (Å²) in [5, 5.41) is 6.39. The molecule has 0 saturated carbocycles. The summed E-state index contributed by atoms with van der Waals surface area (Å²) in [5.41, 5.74) is 0. The molecule has 0 saturated heterocycles. The molecule has 3 aliphatic heterocycles. The third-order valence-corrected chi connectivity index (χ3v) is 9.45. The molecule has 0 unspecified atom stereocenters. The van der Waals surface area contributed by atoms with Crippen molar-refractivity contribution in [3.05, 3.63) is 37.2 Å². The van der Waals surface area contributed by atoms with Crippen LogP contribution < -0.4 is 30.6 Å². The molecule has 53 heavy (non-hydrogen) atoms. The minimum atomic E-state index is -5.39. The lowest BCUT2D eigenvalue weighted by Crippen LogP contribution is -2.80. The Hall–Kier alpha value is -1.78. The van der Waals surface area contributed by atoms with Gasteiger partial charge in [0.15, 0.2) is 0 Å². The smallest absolute Gasteiger partial charge is 0.204 e. The summed E-state index contributed by atoms with van der Waals surface area (Å²) in [6.07, 6.45) is 53.1. The highest BCUT2D eigenvalue weighted by Gasteiger charge is 2.06. The number of aliphatic imine (C=N–C) groups is 3. The fraction of sp³-hybridized carbons (Fsp3) is 0.786. The molecule has 0 amide bonds. The van der Waals surface area contributed by atoms with Crippen molar-refractivity contribution in [1.29, 1.82) is 0 Å². The van der Waals surface area contributed by atoms with Crippen LogP contribution >= 0.6 is 7.82 Å². The highest BCUT2D eigenvalue weighted by atomic mass is 31.2. The highest BCUT2D eigenvalue weighted by molar-refractivity contribution is 7.40. The molecule has 0 aromatic carbocycles. The predicted octanol–water partition coefficient (Wildman–Crippen LogP) is 7.24. The van der Waals surface area contributed by atoms with E-state index in [1.807, 2.05) is 37.2 Å². The number of hydrogen-bond donors (Lipinski definition) is 3. The van der Waals surface area contributed by atoms with E-state index < -0.39 is 7.82 Å². The van der Waals surface area contributed by atoms with Crippen molar-refractivity contribution in [2.45, 2.75) is 213 Å². The number of nitrogens with two attached hydrogens (primary N) is 3. The van der Waals surface area contributed by atoms with Crippen LogP contribution in [0.5, 0.6) is 0 Å². The maximum atomic E-state index is 8.55. The summed E-state index contributed by atoms with van der Waals surface area (Å²) < 4.78 is 8.55. The Morgan fingerprint density at radius 3 is 0.755 bits per heavy atom. The standard InChI is InChI=1S/3C14H26N2.H3O4P/c3*1-2-3-4-5-6-7-8-9-10-11-14-15-12-13-16-14;1-5(2,3)4/h3*12-13H,2-11H2,1H3,(H,15,16);(H3,1,2,3,4). The molecule has 0 spiro atoms. The van der Waals surface area contributed by atoms with Crippen LogP contribution in [0, 0.1) is 0 Å². The van der Waals surface area contributed by atoms with Gasteiger partial charge in [0.05, 0.1) is 18.6 Å². The third-order valence-electron chi connectivity index (χ3n) is 9.45. The molecule has 0 fully saturated rings. The van der Waals surface area contributed by atoms with E-state index in [0.29, 0.717) is 0 Å². The second kappa shape index (κ2) is 39.9. The van der Waals surface area contributed by atoms with Gasteiger partial charge in [0.1, 0.15) is 18.6 Å². The van der Waals surface area contributed by atoms with Crippen LogP contribution in [-0.4, -0.2) is 17.5 Å². The van der Waals surface area contributed by atoms with Gasteiger partial charge in [-0.2, -0.15) is 7.82 Å². The predicted molar refractivity (Wildman–Crippen MR) is 219 cm³/mol. The van der Waals surface area contributed by atoms with E-state index in [9.17, 15) is 0 Å². The van der Waals surface area contributed by atoms with Crippen LogP contribution in [0.25, 0.3) is 0 Å². The second-order valence-electron chi connectivity index (χ2n) is 14.6. The van der Waals surface area contributed by atoms with Gasteiger partial charge in [-0.1, -0.05) is 175 Å². The number of nitrogens with zero attached hydrogens (tertiary/aromatic N) is 3. The van der Waals surface area contributed by atoms with Crippen LogP contribution in [0.15, 0.2) is 52.2 Å². The maximum absolute atomic E-state index is 8.55. The van der Waals surface area contributed by atoms with Gasteiger partial charge in [-0.05, 0) is 19.3 Å². The molecule has 0 aromatic heterocycles. The molecule has 308 valence electrons. The van der Waals surface area contributed by atoms with Crippen molar-refractivity contribution < 1.29 is 35.2 Å². The quantitative estimate of drug-likeness (QED) is 0.0517. The van der Waals surface area contributed by atoms with Crippen molar-refractivity contribution in [1.82, 2.24) is 0 Å². The molecule has 11 heteroatoms. The van der Waals surface area contributed by atoms with Crippen LogP contribution in [0.3, 0.4) is 0 Å². The van der Waals surface area contributed by atoms with Gasteiger partial charge in [-0.15, -0.1) is 0 Å². The second-order valence-corrected chi connectivity index (χ2v) is 15.5. The van der Waals surface area contributed by atoms with Crippen LogP contribution in [-0.2, 0) is 4.57 Å². The zero-order valence-corrected chi connectivity index (χ0v) is 35.2. The van der Waals surface area contributed by atoms with E-state index in [1.54, 1.807) is 0 Å². The Balaban J connectivity index is 0.000000718. The number of quaternary nitrogens is 3. The van der Waals surface area contributed by atoms with Crippen molar-refractivity contribution >= 4 is 25.3 Å². The van der Waals surface area contributed by atoms with Crippen molar-refractivity contribution in [3.8, 4) is 0 Å². The minimum Gasteiger partial charge on any atom is -0.822 e. The van der Waals surface area contributed by atoms with E-state index in [4.69, 9.17) is 19.2 Å². The summed E-state index contributed by atoms with van der Waals surface area (Å²) in [4.78, 5) is 38.5. The number of hydrogen-bond acceptors (Lipinski definition) is 7. The third kappa shape index (κ3) is 42.8. The average molecular weight is 765 g/mol. The summed E-state index contributed by atoms with van der Waals surface area (Å²) in [6, 6.07) is 0. The van der Waals surface area contributed by atoms with Gasteiger partial charge in [-0.25, -0.2) is 15.0 Å². The van der Waals surface area contributed by atoms with Crippen molar-refractivity contribution in [2.24, 2.45) is 15.0 Å². The van der Waals surface area contributed by atoms with Gasteiger partial charge in [-0.3, -0.25) is 16.0 Å². The fourth-order valence-electron chi connectivity index (χ4n) is 6.30. The Morgan fingerprint density at radius 2 is 0.585 bits per heavy atom. The molecule has 0 atom stereocenters. The van der Waals surface area contributed by atoms with Gasteiger partial charge < -0.3 is 19.2 Å². The molecule has 0 aromatic rings. The molecule has 6 N–H and O–H groups in total. The molecule has 0 aliphatic carbocycles. The van der Waals surface area contributed by atoms with Gasteiger partial charge >= 0.3 is 0 Å². The molecule has 10 nitrogen and oxygen atoms in total. The van der Waals surface area contributed by atoms with E-state index >= 15 is 0 Å². The summed E-state index contributed by atoms with van der Waals surface area (Å²) in [6.45, 7) is 6.83. The van der Waals surface area contributed by atoms with E-state index in [2.05, 4.69) is 51.7 Å². The first-order valence-corrected chi connectivity index (χ1v) is 23.2. The van der Waals surface area contributed by atoms with Gasteiger partial charge in [0.2, 0.25) is 17.5 Å². The lowest BCUT2D eigenvalue weighted by Gasteiger charge is -2.36. The summed E-state index contributed by atoms with van der Waals surface area (Å²) in [7, 11) is -5.39. The Labute approximate surface area is 325 Å². The van der Waals surface area contributed by atoms with Gasteiger partial charge in [0.25, 0.3) is 0 Å². The highest BCUT2D eigenvalue weighted by Crippen LogP contribution is 2.13. The fourth-order valence-corrected chi connectivity index (χ4v) is 6.30. The maximum Gasteiger partial charge on any atom is 0.204 e. The molecule has 0 radical (unpaired) electrons. The first-order valence-electron chi connectivity index (χ1n) is 21.7. The van der Waals surface area contributed by atoms with Gasteiger partial charge in [0, 0.05) is 19.3 Å². The zero-order chi connectivity index (χ0) is 38.9. The number of phosphoric acid groups is 1. The SMILES string of the molecule is CCCCCCCCCCCC1=NC=C[NH2+]1.CCCCCCCCCCCC1=NC=C[NH2+]1.CCCCCCCCCCCC1=NC=C[NH2+]1.O=P([O-])([O-])[O-]. The lowest BCUT2D eigenvalue weighted by atomic mass is 10.1. The molecule has 3 heterocycles. The lowest BCUT2D eigenvalue weighted by molar-refractivity contribution is -0.460. The van der Waals surface area contributed by atoms with Crippen LogP contribution in [0.2, 0.25) is 0 Å². The van der Waals surface area contributed by atoms with Crippen molar-refractivity contribution in [3.63, 3.8) is 0 Å². The average Bonchev–Trinajstić information content (AvgIpc) is 3.95. The Morgan fingerprint density at radius 1 is 0.396 bits per heavy atom. The molecule has 0 bridgehead atoms. The summed E-state index contributed by atoms with van der Waals surface area (Å²) >= 11 is 0. The monoisotopic (exact) mass is 765 g/mol.